The molecule has 0 aromatic rings. The maximum absolute atomic E-state index is 10.3. The number of hydrogen-bond acceptors (Lipinski definition) is 3. The molecule has 1 heterocycles. The molecule has 0 bridgehead atoms. The normalized spacial score (nSPS) is 50.9. The number of hydrogen-bond donors (Lipinski definition) is 2. The molecule has 5 rings (SSSR count). The van der Waals surface area contributed by atoms with Gasteiger partial charge in [0.25, 0.3) is 0 Å². The van der Waals surface area contributed by atoms with E-state index in [0.29, 0.717) is 28.8 Å². The Morgan fingerprint density at radius 3 is 2.57 bits per heavy atom. The highest BCUT2D eigenvalue weighted by molar-refractivity contribution is 5.26. The lowest BCUT2D eigenvalue weighted by atomic mass is 9.44. The number of aliphatic hydroxyl groups is 2. The van der Waals surface area contributed by atoms with Crippen molar-refractivity contribution in [2.75, 3.05) is 6.61 Å². The van der Waals surface area contributed by atoms with Crippen LogP contribution in [0.4, 0.5) is 0 Å². The van der Waals surface area contributed by atoms with Crippen LogP contribution in [0.25, 0.3) is 0 Å². The lowest BCUT2D eigenvalue weighted by Gasteiger charge is -2.60. The first kappa shape index (κ1) is 21.3. The summed E-state index contributed by atoms with van der Waals surface area (Å²) in [6.45, 7) is 9.94. The third kappa shape index (κ3) is 3.04. The summed E-state index contributed by atoms with van der Waals surface area (Å²) < 4.78 is 6.64. The molecule has 1 aliphatic heterocycles. The zero-order chi connectivity index (χ0) is 21.3. The highest BCUT2D eigenvalue weighted by Gasteiger charge is 2.64. The topological polar surface area (TPSA) is 49.7 Å². The molecule has 0 aromatic carbocycles. The molecule has 4 fully saturated rings. The van der Waals surface area contributed by atoms with Gasteiger partial charge in [0.15, 0.2) is 0 Å². The van der Waals surface area contributed by atoms with Crippen LogP contribution >= 0.6 is 0 Å². The van der Waals surface area contributed by atoms with Gasteiger partial charge in [-0.25, -0.2) is 0 Å². The third-order valence-corrected chi connectivity index (χ3v) is 11.0. The van der Waals surface area contributed by atoms with E-state index in [4.69, 9.17) is 4.74 Å². The van der Waals surface area contributed by atoms with Crippen LogP contribution in [0.2, 0.25) is 0 Å². The van der Waals surface area contributed by atoms with Crippen LogP contribution in [-0.4, -0.2) is 29.0 Å². The summed E-state index contributed by atoms with van der Waals surface area (Å²) in [5, 5.41) is 19.7. The van der Waals surface area contributed by atoms with Gasteiger partial charge in [-0.2, -0.15) is 0 Å². The predicted octanol–water partition coefficient (Wildman–Crippen LogP) is 5.70. The van der Waals surface area contributed by atoms with E-state index in [1.54, 1.807) is 0 Å². The molecular formula is C27H44O3. The Balaban J connectivity index is 1.36. The van der Waals surface area contributed by atoms with Crippen LogP contribution < -0.4 is 0 Å². The Bertz CT molecular complexity index is 700. The Morgan fingerprint density at radius 1 is 1.03 bits per heavy atom. The van der Waals surface area contributed by atoms with E-state index >= 15 is 0 Å². The summed E-state index contributed by atoms with van der Waals surface area (Å²) in [6.07, 6.45) is 12.4. The van der Waals surface area contributed by atoms with Crippen LogP contribution in [0.3, 0.4) is 0 Å². The highest BCUT2D eigenvalue weighted by atomic mass is 16.5. The predicted molar refractivity (Wildman–Crippen MR) is 120 cm³/mol. The molecule has 3 heteroatoms. The fourth-order valence-electron chi connectivity index (χ4n) is 9.29. The molecule has 30 heavy (non-hydrogen) atoms. The highest BCUT2D eigenvalue weighted by Crippen LogP contribution is 2.69. The number of allylic oxidation sites excluding steroid dienone is 1. The number of fused-ring (bicyclic) bond motifs is 7. The fourth-order valence-corrected chi connectivity index (χ4v) is 9.29. The fraction of sp³-hybridized carbons (Fsp3) is 0.926. The Hall–Kier alpha value is -0.540. The van der Waals surface area contributed by atoms with Gasteiger partial charge in [0, 0.05) is 18.9 Å². The first-order chi connectivity index (χ1) is 14.3. The van der Waals surface area contributed by atoms with Crippen LogP contribution in [0.1, 0.15) is 91.9 Å². The minimum absolute atomic E-state index is 0.0486. The van der Waals surface area contributed by atoms with Gasteiger partial charge >= 0.3 is 0 Å². The molecule has 4 aliphatic carbocycles. The van der Waals surface area contributed by atoms with E-state index in [1.807, 2.05) is 0 Å². The summed E-state index contributed by atoms with van der Waals surface area (Å²) in [7, 11) is 0. The van der Waals surface area contributed by atoms with Crippen molar-refractivity contribution in [3.05, 3.63) is 11.3 Å². The SMILES string of the molecule is CC1=C(CC[C@@H](C)CO)O[C@H]2C[C@@H]3[C@H]4CC[C@@H]5C[C@H](O)CC[C@]5(C)[C@@H]4CC[C@]3(C)[C@@H]12. The monoisotopic (exact) mass is 416 g/mol. The van der Waals surface area contributed by atoms with E-state index in [-0.39, 0.29) is 12.7 Å². The maximum atomic E-state index is 10.3. The van der Waals surface area contributed by atoms with Gasteiger partial charge in [0.1, 0.15) is 6.10 Å². The Kier molecular flexibility index (Phi) is 5.33. The minimum Gasteiger partial charge on any atom is -0.494 e. The average Bonchev–Trinajstić information content (AvgIpc) is 3.20. The van der Waals surface area contributed by atoms with Crippen molar-refractivity contribution in [3.63, 3.8) is 0 Å². The molecule has 0 aromatic heterocycles. The minimum atomic E-state index is -0.0486. The quantitative estimate of drug-likeness (QED) is 0.618. The van der Waals surface area contributed by atoms with Crippen LogP contribution in [-0.2, 0) is 4.74 Å². The molecule has 0 saturated heterocycles. The van der Waals surface area contributed by atoms with Crippen LogP contribution in [0.5, 0.6) is 0 Å². The molecule has 2 N–H and O–H groups in total. The van der Waals surface area contributed by atoms with Gasteiger partial charge in [0.2, 0.25) is 0 Å². The Labute approximate surface area is 183 Å². The molecule has 5 aliphatic rings. The van der Waals surface area contributed by atoms with Gasteiger partial charge in [-0.3, -0.25) is 0 Å². The summed E-state index contributed by atoms with van der Waals surface area (Å²) in [4.78, 5) is 0. The van der Waals surface area contributed by atoms with E-state index in [1.165, 1.54) is 49.9 Å². The second kappa shape index (κ2) is 7.51. The summed E-state index contributed by atoms with van der Waals surface area (Å²) in [5.74, 6) is 5.49. The largest absolute Gasteiger partial charge is 0.494 e. The Morgan fingerprint density at radius 2 is 1.80 bits per heavy atom. The van der Waals surface area contributed by atoms with Crippen molar-refractivity contribution < 1.29 is 14.9 Å². The first-order valence-electron chi connectivity index (χ1n) is 12.9. The molecular weight excluding hydrogens is 372 g/mol. The van der Waals surface area contributed by atoms with Gasteiger partial charge < -0.3 is 14.9 Å². The first-order valence-corrected chi connectivity index (χ1v) is 12.9. The van der Waals surface area contributed by atoms with E-state index in [0.717, 1.165) is 49.4 Å². The van der Waals surface area contributed by atoms with Crippen molar-refractivity contribution in [2.24, 2.45) is 46.3 Å². The average molecular weight is 417 g/mol. The lowest BCUT2D eigenvalue weighted by Crippen LogP contribution is -2.54. The molecule has 170 valence electrons. The van der Waals surface area contributed by atoms with E-state index < -0.39 is 0 Å². The molecule has 3 nitrogen and oxygen atoms in total. The summed E-state index contributed by atoms with van der Waals surface area (Å²) >= 11 is 0. The maximum Gasteiger partial charge on any atom is 0.106 e. The zero-order valence-corrected chi connectivity index (χ0v) is 19.7. The molecule has 0 unspecified atom stereocenters. The summed E-state index contributed by atoms with van der Waals surface area (Å²) in [6, 6.07) is 0. The van der Waals surface area contributed by atoms with Crippen molar-refractivity contribution in [2.45, 2.75) is 104 Å². The van der Waals surface area contributed by atoms with Crippen molar-refractivity contribution >= 4 is 0 Å². The van der Waals surface area contributed by atoms with Crippen LogP contribution in [0, 0.1) is 46.3 Å². The van der Waals surface area contributed by atoms with Gasteiger partial charge in [-0.05, 0) is 111 Å². The second-order valence-electron chi connectivity index (χ2n) is 12.4. The second-order valence-corrected chi connectivity index (χ2v) is 12.4. The summed E-state index contributed by atoms with van der Waals surface area (Å²) in [5.41, 5.74) is 2.39. The molecule has 0 spiro atoms. The third-order valence-electron chi connectivity index (χ3n) is 11.0. The van der Waals surface area contributed by atoms with Gasteiger partial charge in [-0.1, -0.05) is 20.8 Å². The zero-order valence-electron chi connectivity index (χ0n) is 19.7. The van der Waals surface area contributed by atoms with Gasteiger partial charge in [-0.15, -0.1) is 0 Å². The number of ether oxygens (including phenoxy) is 1. The molecule has 4 saturated carbocycles. The number of aliphatic hydroxyl groups excluding tert-OH is 2. The number of rotatable bonds is 4. The van der Waals surface area contributed by atoms with E-state index in [2.05, 4.69) is 27.7 Å². The van der Waals surface area contributed by atoms with E-state index in [9.17, 15) is 10.2 Å². The van der Waals surface area contributed by atoms with Crippen molar-refractivity contribution in [1.82, 2.24) is 0 Å². The molecule has 0 radical (unpaired) electrons. The van der Waals surface area contributed by atoms with Gasteiger partial charge in [0.05, 0.1) is 11.9 Å². The smallest absolute Gasteiger partial charge is 0.106 e. The van der Waals surface area contributed by atoms with Crippen LogP contribution in [0.15, 0.2) is 11.3 Å². The lowest BCUT2D eigenvalue weighted by molar-refractivity contribution is -0.124. The molecule has 10 atom stereocenters. The molecule has 0 amide bonds. The van der Waals surface area contributed by atoms with Crippen molar-refractivity contribution in [1.29, 1.82) is 0 Å². The van der Waals surface area contributed by atoms with Crippen molar-refractivity contribution in [3.8, 4) is 0 Å². The standard InChI is InChI=1S/C27H44O3/c1-16(15-28)5-8-23-17(2)25-24(30-23)14-22-20-7-6-18-13-19(29)9-11-26(18,3)21(20)10-12-27(22,25)4/h16,18-22,24-25,28-29H,5-15H2,1-4H3/t16-,18-,19-,20+,21-,22-,24+,25+,26+,27+/m1/s1.